The molecule has 1 unspecified atom stereocenters. The molecule has 2 N–H and O–H groups in total. The molecule has 2 saturated heterocycles. The summed E-state index contributed by atoms with van der Waals surface area (Å²) in [5.41, 5.74) is 1.27. The molecular weight excluding hydrogens is 364 g/mol. The van der Waals surface area contributed by atoms with Gasteiger partial charge in [-0.3, -0.25) is 14.5 Å². The Balaban J connectivity index is 1.30. The standard InChI is InChI=1S/C23H36N4O2/c1-2-3-12-24-23(29)20-10-13-26(14-11-20)18-22(28)25-16-19-9-15-27(17-19)21-7-5-4-6-8-21/h4-8,19-20H,2-3,9-18H2,1H3,(H,24,29)(H,25,28). The number of hydrogen-bond acceptors (Lipinski definition) is 4. The van der Waals surface area contributed by atoms with Crippen LogP contribution in [0.2, 0.25) is 0 Å². The van der Waals surface area contributed by atoms with Crippen molar-refractivity contribution in [2.24, 2.45) is 11.8 Å². The van der Waals surface area contributed by atoms with Gasteiger partial charge in [-0.05, 0) is 56.8 Å². The Morgan fingerprint density at radius 1 is 1.03 bits per heavy atom. The fraction of sp³-hybridized carbons (Fsp3) is 0.652. The number of rotatable bonds is 9. The number of amides is 2. The highest BCUT2D eigenvalue weighted by molar-refractivity contribution is 5.79. The first-order valence-electron chi connectivity index (χ1n) is 11.2. The summed E-state index contributed by atoms with van der Waals surface area (Å²) in [7, 11) is 0. The molecule has 3 rings (SSSR count). The number of nitrogens with zero attached hydrogens (tertiary/aromatic N) is 2. The zero-order valence-corrected chi connectivity index (χ0v) is 17.7. The Hall–Kier alpha value is -2.08. The normalized spacial score (nSPS) is 20.6. The van der Waals surface area contributed by atoms with Gasteiger partial charge in [0.1, 0.15) is 0 Å². The van der Waals surface area contributed by atoms with Crippen molar-refractivity contribution in [2.75, 3.05) is 50.7 Å². The van der Waals surface area contributed by atoms with E-state index in [4.69, 9.17) is 0 Å². The molecule has 2 amide bonds. The molecule has 2 aliphatic heterocycles. The van der Waals surface area contributed by atoms with Crippen LogP contribution in [-0.4, -0.2) is 62.5 Å². The first-order chi connectivity index (χ1) is 14.2. The van der Waals surface area contributed by atoms with E-state index in [0.29, 0.717) is 12.5 Å². The summed E-state index contributed by atoms with van der Waals surface area (Å²) in [6.07, 6.45) is 4.95. The first kappa shape index (κ1) is 21.6. The number of unbranched alkanes of at least 4 members (excludes halogenated alkanes) is 1. The molecule has 0 aromatic heterocycles. The lowest BCUT2D eigenvalue weighted by atomic mass is 9.96. The topological polar surface area (TPSA) is 64.7 Å². The maximum Gasteiger partial charge on any atom is 0.234 e. The third-order valence-corrected chi connectivity index (χ3v) is 6.15. The maximum absolute atomic E-state index is 12.4. The summed E-state index contributed by atoms with van der Waals surface area (Å²) >= 11 is 0. The lowest BCUT2D eigenvalue weighted by molar-refractivity contribution is -0.126. The van der Waals surface area contributed by atoms with E-state index in [1.54, 1.807) is 0 Å². The minimum absolute atomic E-state index is 0.105. The summed E-state index contributed by atoms with van der Waals surface area (Å²) in [4.78, 5) is 29.1. The summed E-state index contributed by atoms with van der Waals surface area (Å²) in [5.74, 6) is 0.908. The SMILES string of the molecule is CCCCNC(=O)C1CCN(CC(=O)NCC2CCN(c3ccccc3)C2)CC1. The largest absolute Gasteiger partial charge is 0.371 e. The van der Waals surface area contributed by atoms with Crippen molar-refractivity contribution < 1.29 is 9.59 Å². The first-order valence-corrected chi connectivity index (χ1v) is 11.2. The highest BCUT2D eigenvalue weighted by atomic mass is 16.2. The predicted octanol–water partition coefficient (Wildman–Crippen LogP) is 2.26. The number of benzene rings is 1. The molecule has 0 spiro atoms. The molecule has 2 fully saturated rings. The van der Waals surface area contributed by atoms with Gasteiger partial charge in [-0.25, -0.2) is 0 Å². The third-order valence-electron chi connectivity index (χ3n) is 6.15. The molecular formula is C23H36N4O2. The summed E-state index contributed by atoms with van der Waals surface area (Å²) in [5, 5.41) is 6.16. The fourth-order valence-corrected chi connectivity index (χ4v) is 4.28. The van der Waals surface area contributed by atoms with Gasteiger partial charge in [-0.15, -0.1) is 0 Å². The van der Waals surface area contributed by atoms with Crippen molar-refractivity contribution in [3.8, 4) is 0 Å². The van der Waals surface area contributed by atoms with Crippen molar-refractivity contribution in [2.45, 2.75) is 39.0 Å². The summed E-state index contributed by atoms with van der Waals surface area (Å²) < 4.78 is 0. The Labute approximate surface area is 175 Å². The average molecular weight is 401 g/mol. The summed E-state index contributed by atoms with van der Waals surface area (Å²) in [6, 6.07) is 10.5. The van der Waals surface area contributed by atoms with Crippen molar-refractivity contribution >= 4 is 17.5 Å². The van der Waals surface area contributed by atoms with Crippen LogP contribution < -0.4 is 15.5 Å². The van der Waals surface area contributed by atoms with Crippen LogP contribution in [0.5, 0.6) is 0 Å². The van der Waals surface area contributed by atoms with Gasteiger partial charge in [-0.2, -0.15) is 0 Å². The van der Waals surface area contributed by atoms with Crippen LogP contribution in [0.3, 0.4) is 0 Å². The van der Waals surface area contributed by atoms with Crippen LogP contribution in [0.25, 0.3) is 0 Å². The quantitative estimate of drug-likeness (QED) is 0.624. The number of anilines is 1. The average Bonchev–Trinajstić information content (AvgIpc) is 3.23. The molecule has 160 valence electrons. The molecule has 6 nitrogen and oxygen atoms in total. The molecule has 1 aromatic rings. The van der Waals surface area contributed by atoms with Crippen molar-refractivity contribution in [1.29, 1.82) is 0 Å². The third kappa shape index (κ3) is 6.74. The molecule has 29 heavy (non-hydrogen) atoms. The molecule has 0 aliphatic carbocycles. The molecule has 6 heteroatoms. The number of piperidine rings is 1. The summed E-state index contributed by atoms with van der Waals surface area (Å²) in [6.45, 7) is 7.80. The predicted molar refractivity (Wildman–Crippen MR) is 117 cm³/mol. The van der Waals surface area contributed by atoms with Crippen LogP contribution in [0.4, 0.5) is 5.69 Å². The van der Waals surface area contributed by atoms with Crippen LogP contribution in [0.15, 0.2) is 30.3 Å². The van der Waals surface area contributed by atoms with E-state index < -0.39 is 0 Å². The fourth-order valence-electron chi connectivity index (χ4n) is 4.28. The molecule has 1 atom stereocenters. The second kappa shape index (κ2) is 11.2. The Morgan fingerprint density at radius 3 is 2.52 bits per heavy atom. The number of likely N-dealkylation sites (tertiary alicyclic amines) is 1. The molecule has 0 bridgehead atoms. The monoisotopic (exact) mass is 400 g/mol. The number of carbonyl (C=O) groups excluding carboxylic acids is 2. The number of para-hydroxylation sites is 1. The van der Waals surface area contributed by atoms with Crippen LogP contribution >= 0.6 is 0 Å². The van der Waals surface area contributed by atoms with Gasteiger partial charge >= 0.3 is 0 Å². The second-order valence-corrected chi connectivity index (χ2v) is 8.44. The minimum atomic E-state index is 0.105. The Morgan fingerprint density at radius 2 is 1.79 bits per heavy atom. The van der Waals surface area contributed by atoms with Gasteiger partial charge in [0.25, 0.3) is 0 Å². The molecule has 0 saturated carbocycles. The number of hydrogen-bond donors (Lipinski definition) is 2. The molecule has 2 aliphatic rings. The van der Waals surface area contributed by atoms with Gasteiger partial charge in [0.15, 0.2) is 0 Å². The van der Waals surface area contributed by atoms with E-state index >= 15 is 0 Å². The zero-order valence-electron chi connectivity index (χ0n) is 17.7. The Kier molecular flexibility index (Phi) is 8.35. The van der Waals surface area contributed by atoms with Crippen LogP contribution in [-0.2, 0) is 9.59 Å². The second-order valence-electron chi connectivity index (χ2n) is 8.44. The van der Waals surface area contributed by atoms with Gasteiger partial charge < -0.3 is 15.5 Å². The van der Waals surface area contributed by atoms with Gasteiger partial charge in [0.05, 0.1) is 6.54 Å². The molecule has 0 radical (unpaired) electrons. The lowest BCUT2D eigenvalue weighted by Crippen LogP contribution is -2.45. The van der Waals surface area contributed by atoms with Gasteiger partial charge in [0, 0.05) is 37.8 Å². The van der Waals surface area contributed by atoms with E-state index in [9.17, 15) is 9.59 Å². The number of carbonyl (C=O) groups is 2. The zero-order chi connectivity index (χ0) is 20.5. The van der Waals surface area contributed by atoms with Gasteiger partial charge in [0.2, 0.25) is 11.8 Å². The Bertz CT molecular complexity index is 644. The highest BCUT2D eigenvalue weighted by Crippen LogP contribution is 2.23. The van der Waals surface area contributed by atoms with Crippen LogP contribution in [0, 0.1) is 11.8 Å². The van der Waals surface area contributed by atoms with E-state index in [-0.39, 0.29) is 17.7 Å². The lowest BCUT2D eigenvalue weighted by Gasteiger charge is -2.30. The minimum Gasteiger partial charge on any atom is -0.371 e. The number of nitrogens with one attached hydrogen (secondary N) is 2. The highest BCUT2D eigenvalue weighted by Gasteiger charge is 2.26. The van der Waals surface area contributed by atoms with E-state index in [0.717, 1.165) is 71.4 Å². The van der Waals surface area contributed by atoms with E-state index in [2.05, 4.69) is 51.6 Å². The molecule has 2 heterocycles. The van der Waals surface area contributed by atoms with Crippen LogP contribution in [0.1, 0.15) is 39.0 Å². The van der Waals surface area contributed by atoms with E-state index in [1.807, 2.05) is 6.07 Å². The maximum atomic E-state index is 12.4. The van der Waals surface area contributed by atoms with E-state index in [1.165, 1.54) is 5.69 Å². The van der Waals surface area contributed by atoms with Gasteiger partial charge in [-0.1, -0.05) is 31.5 Å². The van der Waals surface area contributed by atoms with Crippen molar-refractivity contribution in [3.63, 3.8) is 0 Å². The molecule has 1 aromatic carbocycles. The van der Waals surface area contributed by atoms with Crippen molar-refractivity contribution in [3.05, 3.63) is 30.3 Å². The van der Waals surface area contributed by atoms with Crippen molar-refractivity contribution in [1.82, 2.24) is 15.5 Å². The smallest absolute Gasteiger partial charge is 0.234 e.